The predicted octanol–water partition coefficient (Wildman–Crippen LogP) is -0.699. The van der Waals surface area contributed by atoms with Crippen LogP contribution in [0.4, 0.5) is 0 Å². The molecule has 18 heavy (non-hydrogen) atoms. The van der Waals surface area contributed by atoms with E-state index in [1.54, 1.807) is 0 Å². The summed E-state index contributed by atoms with van der Waals surface area (Å²) < 4.78 is 34.1. The van der Waals surface area contributed by atoms with E-state index in [1.807, 2.05) is 30.3 Å². The fourth-order valence-corrected chi connectivity index (χ4v) is 0.955. The van der Waals surface area contributed by atoms with Gasteiger partial charge in [0.15, 0.2) is 0 Å². The quantitative estimate of drug-likeness (QED) is 0.425. The molecule has 9 heteroatoms. The molecule has 1 aromatic rings. The van der Waals surface area contributed by atoms with Crippen LogP contribution in [0, 0.1) is 0 Å². The summed E-state index contributed by atoms with van der Waals surface area (Å²) in [7, 11) is -5.17. The number of rotatable bonds is 3. The van der Waals surface area contributed by atoms with Crippen molar-refractivity contribution in [1.82, 2.24) is 0 Å². The molecule has 3 N–H and O–H groups in total. The minimum absolute atomic E-state index is 0. The Bertz CT molecular complexity index is 441. The van der Waals surface area contributed by atoms with E-state index >= 15 is 0 Å². The smallest absolute Gasteiger partial charge is 0.759 e. The molecule has 0 amide bonds. The number of hydrogen-bond acceptors (Lipinski definition) is 6. The molecule has 1 atom stereocenters. The summed E-state index contributed by atoms with van der Waals surface area (Å²) in [6.07, 6.45) is 0.385. The fraction of sp³-hybridized carbons (Fsp3) is 0.222. The molecule has 0 saturated carbocycles. The molecule has 0 saturated heterocycles. The van der Waals surface area contributed by atoms with Crippen LogP contribution in [0.25, 0.3) is 0 Å². The molecule has 1 aromatic carbocycles. The molecule has 0 heterocycles. The second-order valence-electron chi connectivity index (χ2n) is 3.04. The Morgan fingerprint density at radius 3 is 2.00 bits per heavy atom. The summed E-state index contributed by atoms with van der Waals surface area (Å²) in [5, 5.41) is 8.52. The van der Waals surface area contributed by atoms with Crippen LogP contribution in [0.1, 0.15) is 5.56 Å². The van der Waals surface area contributed by atoms with Crippen LogP contribution in [0.2, 0.25) is 0 Å². The van der Waals surface area contributed by atoms with E-state index in [0.29, 0.717) is 6.42 Å². The standard InChI is InChI=1S/C9H11NO2.Cu.H2O4S/c10-8(9(11)12)6-7-4-2-1-3-5-7;;1-5(2,3)4/h1-5,8H,6,10H2,(H,11,12);;(H2,1,2,3,4)/q;+2;/p-2. The Labute approximate surface area is 115 Å². The number of carboxylic acids is 1. The summed E-state index contributed by atoms with van der Waals surface area (Å²) in [4.78, 5) is 10.4. The minimum atomic E-state index is -5.17. The third-order valence-corrected chi connectivity index (χ3v) is 1.62. The summed E-state index contributed by atoms with van der Waals surface area (Å²) >= 11 is 0. The van der Waals surface area contributed by atoms with Crippen LogP contribution in [0.3, 0.4) is 0 Å². The third kappa shape index (κ3) is 13.1. The molecule has 1 radical (unpaired) electrons. The Kier molecular flexibility index (Phi) is 9.73. The largest absolute Gasteiger partial charge is 2.00 e. The second-order valence-corrected chi connectivity index (χ2v) is 3.86. The Morgan fingerprint density at radius 2 is 1.67 bits per heavy atom. The maximum absolute atomic E-state index is 10.4. The van der Waals surface area contributed by atoms with E-state index < -0.39 is 22.4 Å². The molecule has 0 aliphatic rings. The van der Waals surface area contributed by atoms with Gasteiger partial charge in [0.25, 0.3) is 0 Å². The summed E-state index contributed by atoms with van der Waals surface area (Å²) in [5.41, 5.74) is 6.30. The SMILES string of the molecule is NC(Cc1ccccc1)C(=O)O.O=S(=O)([O-])[O-].[Cu+2]. The van der Waals surface area contributed by atoms with Crippen molar-refractivity contribution in [3.63, 3.8) is 0 Å². The van der Waals surface area contributed by atoms with E-state index in [0.717, 1.165) is 5.56 Å². The minimum Gasteiger partial charge on any atom is -0.759 e. The molecular weight excluding hydrogens is 314 g/mol. The number of nitrogens with two attached hydrogens (primary N) is 1. The van der Waals surface area contributed by atoms with Gasteiger partial charge in [-0.2, -0.15) is 0 Å². The van der Waals surface area contributed by atoms with Crippen molar-refractivity contribution in [3.05, 3.63) is 35.9 Å². The van der Waals surface area contributed by atoms with E-state index in [9.17, 15) is 4.79 Å². The first kappa shape index (κ1) is 19.4. The van der Waals surface area contributed by atoms with Crippen molar-refractivity contribution in [1.29, 1.82) is 0 Å². The third-order valence-electron chi connectivity index (χ3n) is 1.62. The molecule has 0 aliphatic heterocycles. The van der Waals surface area contributed by atoms with Gasteiger partial charge in [0.05, 0.1) is 0 Å². The van der Waals surface area contributed by atoms with E-state index in [1.165, 1.54) is 0 Å². The van der Waals surface area contributed by atoms with Gasteiger partial charge >= 0.3 is 23.0 Å². The zero-order valence-electron chi connectivity index (χ0n) is 8.95. The average Bonchev–Trinajstić information content (AvgIpc) is 2.16. The number of aliphatic carboxylic acids is 1. The van der Waals surface area contributed by atoms with Crippen LogP contribution in [0.15, 0.2) is 30.3 Å². The van der Waals surface area contributed by atoms with Crippen LogP contribution in [0.5, 0.6) is 0 Å². The van der Waals surface area contributed by atoms with Gasteiger partial charge in [0.1, 0.15) is 6.04 Å². The molecule has 0 bridgehead atoms. The molecular formula is C9H11CuNO6S. The Morgan fingerprint density at radius 1 is 1.28 bits per heavy atom. The van der Waals surface area contributed by atoms with Crippen molar-refractivity contribution in [2.45, 2.75) is 12.5 Å². The molecule has 0 fully saturated rings. The van der Waals surface area contributed by atoms with Crippen molar-refractivity contribution < 1.29 is 44.5 Å². The molecule has 0 aromatic heterocycles. The van der Waals surface area contributed by atoms with Crippen molar-refractivity contribution in [2.75, 3.05) is 0 Å². The van der Waals surface area contributed by atoms with Gasteiger partial charge in [-0.05, 0) is 12.0 Å². The van der Waals surface area contributed by atoms with Crippen LogP contribution >= 0.6 is 0 Å². The zero-order valence-corrected chi connectivity index (χ0v) is 10.7. The van der Waals surface area contributed by atoms with Gasteiger partial charge < -0.3 is 19.9 Å². The summed E-state index contributed by atoms with van der Waals surface area (Å²) in [5.74, 6) is -0.959. The van der Waals surface area contributed by atoms with Crippen molar-refractivity contribution in [3.8, 4) is 0 Å². The van der Waals surface area contributed by atoms with Crippen LogP contribution < -0.4 is 5.73 Å². The van der Waals surface area contributed by atoms with Gasteiger partial charge in [-0.1, -0.05) is 30.3 Å². The maximum Gasteiger partial charge on any atom is 2.00 e. The average molecular weight is 325 g/mol. The van der Waals surface area contributed by atoms with Gasteiger partial charge in [0, 0.05) is 10.4 Å². The molecule has 105 valence electrons. The second kappa shape index (κ2) is 9.03. The predicted molar refractivity (Wildman–Crippen MR) is 56.2 cm³/mol. The number of hydrogen-bond donors (Lipinski definition) is 2. The van der Waals surface area contributed by atoms with Crippen molar-refractivity contribution in [2.24, 2.45) is 5.73 Å². The molecule has 0 spiro atoms. The Balaban J connectivity index is 0. The molecule has 0 aliphatic carbocycles. The van der Waals surface area contributed by atoms with Gasteiger partial charge in [0.2, 0.25) is 0 Å². The molecule has 1 unspecified atom stereocenters. The fourth-order valence-electron chi connectivity index (χ4n) is 0.955. The number of carboxylic acid groups (broad SMARTS) is 1. The maximum atomic E-state index is 10.4. The molecule has 1 rings (SSSR count). The summed E-state index contributed by atoms with van der Waals surface area (Å²) in [6, 6.07) is 8.54. The van der Waals surface area contributed by atoms with Gasteiger partial charge in [-0.15, -0.1) is 0 Å². The first-order valence-corrected chi connectivity index (χ1v) is 5.72. The zero-order chi connectivity index (χ0) is 13.5. The van der Waals surface area contributed by atoms with E-state index in [4.69, 9.17) is 28.4 Å². The van der Waals surface area contributed by atoms with E-state index in [-0.39, 0.29) is 17.1 Å². The first-order chi connectivity index (χ1) is 7.70. The Hall–Kier alpha value is -0.961. The van der Waals surface area contributed by atoms with Crippen molar-refractivity contribution >= 4 is 16.4 Å². The summed E-state index contributed by atoms with van der Waals surface area (Å²) in [6.45, 7) is 0. The van der Waals surface area contributed by atoms with E-state index in [2.05, 4.69) is 0 Å². The van der Waals surface area contributed by atoms with Gasteiger partial charge in [-0.25, -0.2) is 0 Å². The van der Waals surface area contributed by atoms with Crippen LogP contribution in [-0.2, 0) is 38.7 Å². The van der Waals surface area contributed by atoms with Crippen LogP contribution in [-0.4, -0.2) is 34.6 Å². The van der Waals surface area contributed by atoms with Gasteiger partial charge in [-0.3, -0.25) is 13.2 Å². The molecule has 7 nitrogen and oxygen atoms in total. The number of benzene rings is 1. The topological polar surface area (TPSA) is 144 Å². The normalized spacial score (nSPS) is 11.5. The number of carbonyl (C=O) groups is 1. The first-order valence-electron chi connectivity index (χ1n) is 4.39. The monoisotopic (exact) mass is 324 g/mol.